The van der Waals surface area contributed by atoms with Crippen LogP contribution in [-0.4, -0.2) is 26.3 Å². The quantitative estimate of drug-likeness (QED) is 0.812. The Morgan fingerprint density at radius 1 is 1.38 bits per heavy atom. The van der Waals surface area contributed by atoms with Gasteiger partial charge in [-0.3, -0.25) is 0 Å². The summed E-state index contributed by atoms with van der Waals surface area (Å²) >= 11 is 0. The Labute approximate surface area is 102 Å². The zero-order chi connectivity index (χ0) is 10.3. The molecule has 0 aromatic heterocycles. The van der Waals surface area contributed by atoms with Gasteiger partial charge in [-0.05, 0) is 11.6 Å². The van der Waals surface area contributed by atoms with Gasteiger partial charge in [-0.1, -0.05) is 12.1 Å². The average Bonchev–Trinajstić information content (AvgIpc) is 2.76. The molecule has 2 atom stereocenters. The first-order chi connectivity index (χ1) is 7.40. The summed E-state index contributed by atoms with van der Waals surface area (Å²) in [6, 6.07) is 6.27. The fourth-order valence-electron chi connectivity index (χ4n) is 2.61. The minimum Gasteiger partial charge on any atom is -0.496 e. The normalized spacial score (nSPS) is 26.6. The summed E-state index contributed by atoms with van der Waals surface area (Å²) in [7, 11) is 1.72. The molecule has 2 aliphatic rings. The second-order valence-corrected chi connectivity index (χ2v) is 4.14. The minimum atomic E-state index is 0. The van der Waals surface area contributed by atoms with Crippen molar-refractivity contribution in [1.82, 2.24) is 5.32 Å². The molecule has 0 amide bonds. The van der Waals surface area contributed by atoms with Crippen LogP contribution in [0.5, 0.6) is 5.75 Å². The number of hydrogen-bond donors (Lipinski definition) is 1. The number of methoxy groups -OCH3 is 1. The summed E-state index contributed by atoms with van der Waals surface area (Å²) in [6.45, 7) is 2.67. The van der Waals surface area contributed by atoms with Crippen molar-refractivity contribution in [2.24, 2.45) is 0 Å². The Balaban J connectivity index is 0.000000963. The molecule has 0 saturated carbocycles. The van der Waals surface area contributed by atoms with E-state index < -0.39 is 0 Å². The first kappa shape index (κ1) is 11.7. The highest BCUT2D eigenvalue weighted by molar-refractivity contribution is 5.85. The third kappa shape index (κ3) is 1.69. The Bertz CT molecular complexity index is 383. The first-order valence-electron chi connectivity index (χ1n) is 5.38. The summed E-state index contributed by atoms with van der Waals surface area (Å²) in [5.41, 5.74) is 2.63. The van der Waals surface area contributed by atoms with Crippen LogP contribution in [0.1, 0.15) is 17.0 Å². The van der Waals surface area contributed by atoms with Crippen molar-refractivity contribution in [3.05, 3.63) is 29.3 Å². The van der Waals surface area contributed by atoms with Crippen LogP contribution in [0, 0.1) is 0 Å². The number of benzene rings is 1. The lowest BCUT2D eigenvalue weighted by molar-refractivity contribution is 0.0286. The lowest BCUT2D eigenvalue weighted by Gasteiger charge is -2.28. The van der Waals surface area contributed by atoms with E-state index in [-0.39, 0.29) is 12.4 Å². The van der Waals surface area contributed by atoms with Crippen LogP contribution >= 0.6 is 12.4 Å². The third-order valence-electron chi connectivity index (χ3n) is 3.39. The van der Waals surface area contributed by atoms with Crippen LogP contribution in [0.3, 0.4) is 0 Å². The average molecular weight is 242 g/mol. The fourth-order valence-corrected chi connectivity index (χ4v) is 2.61. The van der Waals surface area contributed by atoms with Crippen LogP contribution in [0.2, 0.25) is 0 Å². The molecule has 0 radical (unpaired) electrons. The van der Waals surface area contributed by atoms with E-state index >= 15 is 0 Å². The van der Waals surface area contributed by atoms with E-state index in [2.05, 4.69) is 17.4 Å². The van der Waals surface area contributed by atoms with Gasteiger partial charge in [0, 0.05) is 24.6 Å². The van der Waals surface area contributed by atoms with Gasteiger partial charge in [-0.25, -0.2) is 0 Å². The number of hydrogen-bond acceptors (Lipinski definition) is 3. The number of ether oxygens (including phenoxy) is 2. The number of nitrogens with one attached hydrogen (secondary N) is 1. The van der Waals surface area contributed by atoms with Gasteiger partial charge >= 0.3 is 0 Å². The van der Waals surface area contributed by atoms with Crippen LogP contribution in [0.4, 0.5) is 0 Å². The molecule has 0 unspecified atom stereocenters. The van der Waals surface area contributed by atoms with E-state index in [4.69, 9.17) is 9.47 Å². The summed E-state index contributed by atoms with van der Waals surface area (Å²) in [6.07, 6.45) is 0.351. The van der Waals surface area contributed by atoms with Crippen molar-refractivity contribution < 1.29 is 9.47 Å². The molecule has 1 N–H and O–H groups in total. The highest BCUT2D eigenvalue weighted by atomic mass is 35.5. The van der Waals surface area contributed by atoms with Gasteiger partial charge < -0.3 is 14.8 Å². The predicted octanol–water partition coefficient (Wildman–Crippen LogP) is 1.70. The van der Waals surface area contributed by atoms with E-state index in [1.807, 2.05) is 6.07 Å². The Kier molecular flexibility index (Phi) is 3.38. The maximum absolute atomic E-state index is 5.83. The van der Waals surface area contributed by atoms with Gasteiger partial charge in [0.1, 0.15) is 5.75 Å². The van der Waals surface area contributed by atoms with E-state index in [1.54, 1.807) is 7.11 Å². The van der Waals surface area contributed by atoms with E-state index in [9.17, 15) is 0 Å². The molecular formula is C12H16ClNO2. The lowest BCUT2D eigenvalue weighted by atomic mass is 9.89. The van der Waals surface area contributed by atoms with Gasteiger partial charge in [0.2, 0.25) is 0 Å². The zero-order valence-electron chi connectivity index (χ0n) is 9.23. The Hall–Kier alpha value is -0.770. The second-order valence-electron chi connectivity index (χ2n) is 4.14. The lowest BCUT2D eigenvalue weighted by Crippen LogP contribution is -2.27. The molecule has 1 aromatic rings. The molecule has 16 heavy (non-hydrogen) atoms. The second kappa shape index (κ2) is 4.62. The van der Waals surface area contributed by atoms with Crippen molar-refractivity contribution in [3.63, 3.8) is 0 Å². The summed E-state index contributed by atoms with van der Waals surface area (Å²) in [5.74, 6) is 1.46. The third-order valence-corrected chi connectivity index (χ3v) is 3.39. The smallest absolute Gasteiger partial charge is 0.124 e. The maximum Gasteiger partial charge on any atom is 0.124 e. The minimum absolute atomic E-state index is 0. The fraction of sp³-hybridized carbons (Fsp3) is 0.500. The van der Waals surface area contributed by atoms with Crippen molar-refractivity contribution in [2.75, 3.05) is 20.2 Å². The molecule has 0 bridgehead atoms. The Morgan fingerprint density at radius 2 is 2.25 bits per heavy atom. The van der Waals surface area contributed by atoms with Gasteiger partial charge in [0.15, 0.2) is 0 Å². The molecule has 88 valence electrons. The van der Waals surface area contributed by atoms with Gasteiger partial charge in [-0.15, -0.1) is 12.4 Å². The molecule has 4 heteroatoms. The van der Waals surface area contributed by atoms with Crippen LogP contribution in [0.25, 0.3) is 0 Å². The Morgan fingerprint density at radius 3 is 3.06 bits per heavy atom. The first-order valence-corrected chi connectivity index (χ1v) is 5.38. The van der Waals surface area contributed by atoms with E-state index in [0.717, 1.165) is 18.8 Å². The van der Waals surface area contributed by atoms with Crippen molar-refractivity contribution in [2.45, 2.75) is 18.6 Å². The summed E-state index contributed by atoms with van der Waals surface area (Å²) in [4.78, 5) is 0. The molecule has 1 saturated heterocycles. The zero-order valence-corrected chi connectivity index (χ0v) is 10.0. The largest absolute Gasteiger partial charge is 0.496 e. The highest BCUT2D eigenvalue weighted by Crippen LogP contribution is 2.37. The molecule has 0 aliphatic carbocycles. The van der Waals surface area contributed by atoms with Crippen molar-refractivity contribution in [3.8, 4) is 5.75 Å². The molecule has 1 aromatic carbocycles. The standard InChI is InChI=1S/C12H15NO2.ClH/c1-14-11-4-2-3-8-9-5-13-6-12(9)15-7-10(8)11;/h2-4,9,12-13H,5-7H2,1H3;1H/t9-,12-;/m1./s1. The SMILES string of the molecule is COc1cccc2c1CO[C@@H]1CNC[C@H]21.Cl. The van der Waals surface area contributed by atoms with Gasteiger partial charge in [-0.2, -0.15) is 0 Å². The number of rotatable bonds is 1. The van der Waals surface area contributed by atoms with Crippen LogP contribution in [0.15, 0.2) is 18.2 Å². The van der Waals surface area contributed by atoms with Crippen LogP contribution < -0.4 is 10.1 Å². The predicted molar refractivity (Wildman–Crippen MR) is 64.4 cm³/mol. The molecule has 2 heterocycles. The van der Waals surface area contributed by atoms with Crippen molar-refractivity contribution in [1.29, 1.82) is 0 Å². The molecule has 1 fully saturated rings. The monoisotopic (exact) mass is 241 g/mol. The van der Waals surface area contributed by atoms with E-state index in [1.165, 1.54) is 11.1 Å². The number of fused-ring (bicyclic) bond motifs is 3. The highest BCUT2D eigenvalue weighted by Gasteiger charge is 2.35. The molecule has 3 rings (SSSR count). The van der Waals surface area contributed by atoms with E-state index in [0.29, 0.717) is 18.6 Å². The number of halogens is 1. The van der Waals surface area contributed by atoms with Crippen LogP contribution in [-0.2, 0) is 11.3 Å². The summed E-state index contributed by atoms with van der Waals surface area (Å²) in [5, 5.41) is 3.38. The van der Waals surface area contributed by atoms with Gasteiger partial charge in [0.05, 0.1) is 19.8 Å². The topological polar surface area (TPSA) is 30.5 Å². The van der Waals surface area contributed by atoms with Gasteiger partial charge in [0.25, 0.3) is 0 Å². The summed E-state index contributed by atoms with van der Waals surface area (Å²) < 4.78 is 11.2. The molecule has 2 aliphatic heterocycles. The molecular weight excluding hydrogens is 226 g/mol. The molecule has 3 nitrogen and oxygen atoms in total. The maximum atomic E-state index is 5.83. The molecule has 0 spiro atoms. The van der Waals surface area contributed by atoms with Crippen molar-refractivity contribution >= 4 is 12.4 Å².